The molecule has 0 amide bonds. The zero-order valence-corrected chi connectivity index (χ0v) is 34.8. The van der Waals surface area contributed by atoms with Crippen LogP contribution >= 0.6 is 0 Å². The molecule has 0 aromatic rings. The number of methoxy groups -OCH3 is 1. The molecule has 0 bridgehead atoms. The lowest BCUT2D eigenvalue weighted by Crippen LogP contribution is -2.61. The molecule has 0 unspecified atom stereocenters. The third kappa shape index (κ3) is 10.2. The molecule has 4 N–H and O–H groups in total. The molecule has 15 heteroatoms. The smallest absolute Gasteiger partial charge is 0.311 e. The summed E-state index contributed by atoms with van der Waals surface area (Å²) < 4.78 is 43.3. The summed E-state index contributed by atoms with van der Waals surface area (Å²) in [7, 11) is 5.19. The minimum absolute atomic E-state index is 0.0755. The summed E-state index contributed by atoms with van der Waals surface area (Å²) >= 11 is 0. The van der Waals surface area contributed by atoms with Crippen LogP contribution in [0.4, 0.5) is 0 Å². The van der Waals surface area contributed by atoms with E-state index in [9.17, 15) is 34.8 Å². The van der Waals surface area contributed by atoms with Gasteiger partial charge >= 0.3 is 11.9 Å². The first-order valence-electron chi connectivity index (χ1n) is 19.4. The Morgan fingerprint density at radius 1 is 0.907 bits per heavy atom. The fourth-order valence-corrected chi connectivity index (χ4v) is 8.71. The van der Waals surface area contributed by atoms with E-state index in [-0.39, 0.29) is 31.4 Å². The molecule has 0 aliphatic carbocycles. The van der Waals surface area contributed by atoms with Gasteiger partial charge in [-0.25, -0.2) is 0 Å². The summed E-state index contributed by atoms with van der Waals surface area (Å²) in [6.45, 7) is 17.6. The van der Waals surface area contributed by atoms with Crippen molar-refractivity contribution in [3.05, 3.63) is 0 Å². The molecule has 0 radical (unpaired) electrons. The van der Waals surface area contributed by atoms with Crippen LogP contribution in [0.25, 0.3) is 0 Å². The van der Waals surface area contributed by atoms with Crippen LogP contribution in [-0.2, 0) is 47.5 Å². The summed E-state index contributed by atoms with van der Waals surface area (Å²) in [5.74, 6) is -5.68. The number of rotatable bonds is 8. The van der Waals surface area contributed by atoms with Crippen molar-refractivity contribution in [1.29, 1.82) is 0 Å². The number of likely N-dealkylation sites (N-methyl/N-ethyl adjacent to an activating group) is 1. The average Bonchev–Trinajstić information content (AvgIpc) is 3.08. The molecule has 3 aliphatic heterocycles. The van der Waals surface area contributed by atoms with Crippen molar-refractivity contribution in [1.82, 2.24) is 4.90 Å². The number of esters is 2. The molecule has 15 nitrogen and oxygen atoms in total. The number of hydrogen-bond acceptors (Lipinski definition) is 15. The van der Waals surface area contributed by atoms with Crippen molar-refractivity contribution < 1.29 is 68.0 Å². The second-order valence-corrected chi connectivity index (χ2v) is 17.1. The number of ether oxygens (including phenoxy) is 7. The molecule has 314 valence electrons. The van der Waals surface area contributed by atoms with E-state index < -0.39 is 114 Å². The van der Waals surface area contributed by atoms with Gasteiger partial charge in [0.15, 0.2) is 18.7 Å². The Bertz CT molecular complexity index is 1280. The Hall–Kier alpha value is -1.79. The lowest BCUT2D eigenvalue weighted by atomic mass is 9.74. The molecule has 0 aromatic heterocycles. The van der Waals surface area contributed by atoms with E-state index in [0.29, 0.717) is 6.42 Å². The Morgan fingerprint density at radius 3 is 2.06 bits per heavy atom. The van der Waals surface area contributed by atoms with Gasteiger partial charge in [0.05, 0.1) is 53.7 Å². The average molecular weight is 776 g/mol. The Kier molecular flexibility index (Phi) is 15.7. The normalized spacial score (nSPS) is 47.5. The van der Waals surface area contributed by atoms with Gasteiger partial charge in [0.2, 0.25) is 0 Å². The molecule has 18 atom stereocenters. The first-order valence-corrected chi connectivity index (χ1v) is 19.4. The zero-order valence-electron chi connectivity index (χ0n) is 34.8. The number of aliphatic hydroxyl groups is 4. The lowest BCUT2D eigenvalue weighted by molar-refractivity contribution is -0.318. The van der Waals surface area contributed by atoms with Gasteiger partial charge in [-0.2, -0.15) is 0 Å². The lowest BCUT2D eigenvalue weighted by Gasteiger charge is -2.49. The molecule has 0 aromatic carbocycles. The van der Waals surface area contributed by atoms with E-state index >= 15 is 0 Å². The Labute approximate surface area is 321 Å². The van der Waals surface area contributed by atoms with Gasteiger partial charge in [-0.15, -0.1) is 0 Å². The van der Waals surface area contributed by atoms with Crippen molar-refractivity contribution >= 4 is 17.7 Å². The van der Waals surface area contributed by atoms with Gasteiger partial charge in [-0.05, 0) is 74.9 Å². The molecule has 3 rings (SSSR count). The Balaban J connectivity index is 2.23. The topological polar surface area (TPSA) is 200 Å². The van der Waals surface area contributed by atoms with Gasteiger partial charge in [-0.3, -0.25) is 14.4 Å². The van der Waals surface area contributed by atoms with Crippen molar-refractivity contribution in [2.75, 3.05) is 21.2 Å². The SMILES string of the molecule is CC[C@H]1OC(=O)[C@H](C)[C@@H](O[C@H]2C[C@@](C)(OC)[C@@H](O)[C@H](C)O2)[C@@H](C)[C@@H](O[C@@H]2O[C@H](C)C[C@H](N(C)C)[C@H]2OC(C)=O)[C@](C)(O)C[C@@H](C)C(=O)[C@H](C)[C@H](O)[C@]1(C)O. The number of aliphatic hydroxyl groups excluding tert-OH is 2. The fourth-order valence-electron chi connectivity index (χ4n) is 8.71. The monoisotopic (exact) mass is 775 g/mol. The van der Waals surface area contributed by atoms with Gasteiger partial charge in [0.25, 0.3) is 0 Å². The molecule has 0 spiro atoms. The van der Waals surface area contributed by atoms with Gasteiger partial charge in [0.1, 0.15) is 23.6 Å². The largest absolute Gasteiger partial charge is 0.459 e. The second kappa shape index (κ2) is 18.2. The summed E-state index contributed by atoms with van der Waals surface area (Å²) in [4.78, 5) is 42.4. The van der Waals surface area contributed by atoms with Crippen LogP contribution < -0.4 is 0 Å². The molecule has 3 heterocycles. The highest BCUT2D eigenvalue weighted by Crippen LogP contribution is 2.41. The van der Waals surface area contributed by atoms with Crippen LogP contribution in [0.5, 0.6) is 0 Å². The Morgan fingerprint density at radius 2 is 1.52 bits per heavy atom. The predicted molar refractivity (Wildman–Crippen MR) is 196 cm³/mol. The molecule has 54 heavy (non-hydrogen) atoms. The van der Waals surface area contributed by atoms with E-state index in [4.69, 9.17) is 33.2 Å². The number of carbonyl (C=O) groups is 3. The quantitative estimate of drug-likeness (QED) is 0.262. The van der Waals surface area contributed by atoms with Crippen molar-refractivity contribution in [3.63, 3.8) is 0 Å². The maximum absolute atomic E-state index is 14.2. The fraction of sp³-hybridized carbons (Fsp3) is 0.923. The number of ketones is 1. The van der Waals surface area contributed by atoms with Crippen molar-refractivity contribution in [2.24, 2.45) is 23.7 Å². The van der Waals surface area contributed by atoms with Crippen LogP contribution in [0.3, 0.4) is 0 Å². The molecule has 3 fully saturated rings. The minimum atomic E-state index is -2.01. The molecular weight excluding hydrogens is 706 g/mol. The summed E-state index contributed by atoms with van der Waals surface area (Å²) in [6.07, 6.45) is -9.80. The first-order chi connectivity index (χ1) is 24.8. The third-order valence-electron chi connectivity index (χ3n) is 12.1. The first kappa shape index (κ1) is 46.6. The molecule has 3 saturated heterocycles. The predicted octanol–water partition coefficient (Wildman–Crippen LogP) is 2.36. The van der Waals surface area contributed by atoms with Crippen molar-refractivity contribution in [2.45, 2.75) is 186 Å². The summed E-state index contributed by atoms with van der Waals surface area (Å²) in [5, 5.41) is 46.5. The number of Topliss-reactive ketones (excluding diaryl/α,β-unsaturated/α-hetero) is 1. The number of nitrogens with zero attached hydrogens (tertiary/aromatic N) is 1. The molecule has 0 saturated carbocycles. The number of cyclic esters (lactones) is 1. The highest BCUT2D eigenvalue weighted by molar-refractivity contribution is 5.83. The van der Waals surface area contributed by atoms with Crippen molar-refractivity contribution in [3.8, 4) is 0 Å². The maximum Gasteiger partial charge on any atom is 0.311 e. The standard InChI is InChI=1S/C39H69NO14/c1-15-27-39(11,47)32(43)21(4)29(42)19(2)17-37(9,46)34(54-36-31(51-25(8)41)26(40(12)13)16-20(3)49-36)22(5)30(23(6)35(45)52-27)53-28-18-38(10,48-14)33(44)24(7)50-28/h19-24,26-28,30-34,36,43-44,46-47H,15-18H2,1-14H3/t19-,20-,21+,22-,23-,24+,26+,27-,28+,30+,31-,32+,33+,34-,36+,37-,38-,39-/m1/s1. The molecular formula is C39H69NO14. The highest BCUT2D eigenvalue weighted by Gasteiger charge is 2.54. The molecule has 3 aliphatic rings. The minimum Gasteiger partial charge on any atom is -0.459 e. The van der Waals surface area contributed by atoms with E-state index in [1.807, 2.05) is 25.9 Å². The van der Waals surface area contributed by atoms with Crippen LogP contribution in [-0.4, -0.2) is 149 Å². The van der Waals surface area contributed by atoms with Gasteiger partial charge < -0.3 is 58.5 Å². The van der Waals surface area contributed by atoms with E-state index in [0.717, 1.165) is 0 Å². The number of carbonyl (C=O) groups excluding carboxylic acids is 3. The summed E-state index contributed by atoms with van der Waals surface area (Å²) in [5.41, 5.74) is -4.92. The van der Waals surface area contributed by atoms with E-state index in [1.165, 1.54) is 34.8 Å². The van der Waals surface area contributed by atoms with Crippen LogP contribution in [0.1, 0.15) is 102 Å². The van der Waals surface area contributed by atoms with Crippen LogP contribution in [0.15, 0.2) is 0 Å². The van der Waals surface area contributed by atoms with Gasteiger partial charge in [0, 0.05) is 38.2 Å². The van der Waals surface area contributed by atoms with E-state index in [2.05, 4.69) is 0 Å². The van der Waals surface area contributed by atoms with Crippen LogP contribution in [0.2, 0.25) is 0 Å². The highest BCUT2D eigenvalue weighted by atomic mass is 16.7. The van der Waals surface area contributed by atoms with Crippen LogP contribution in [0, 0.1) is 23.7 Å². The number of hydrogen-bond donors (Lipinski definition) is 4. The zero-order chi connectivity index (χ0) is 41.2. The van der Waals surface area contributed by atoms with E-state index in [1.54, 1.807) is 41.5 Å². The second-order valence-electron chi connectivity index (χ2n) is 17.1. The maximum atomic E-state index is 14.2. The third-order valence-corrected chi connectivity index (χ3v) is 12.1. The van der Waals surface area contributed by atoms with Gasteiger partial charge in [-0.1, -0.05) is 27.7 Å². The summed E-state index contributed by atoms with van der Waals surface area (Å²) in [6, 6.07) is -0.320.